The molecule has 2 heterocycles. The number of urea groups is 1. The van der Waals surface area contributed by atoms with E-state index >= 15 is 0 Å². The van der Waals surface area contributed by atoms with Crippen molar-refractivity contribution in [3.63, 3.8) is 0 Å². The van der Waals surface area contributed by atoms with Crippen molar-refractivity contribution in [3.05, 3.63) is 18.2 Å². The fraction of sp³-hybridized carbons (Fsp3) is 0.667. The molecule has 2 fully saturated rings. The number of nitrogens with one attached hydrogen (secondary N) is 2. The molecule has 1 aromatic heterocycles. The Bertz CT molecular complexity index is 491. The molecule has 0 bridgehead atoms. The second kappa shape index (κ2) is 5.97. The molecule has 1 atom stereocenters. The fourth-order valence-electron chi connectivity index (χ4n) is 3.34. The Hall–Kier alpha value is -1.69. The first-order chi connectivity index (χ1) is 10.2. The predicted octanol–water partition coefficient (Wildman–Crippen LogP) is 2.26. The third-order valence-corrected chi connectivity index (χ3v) is 4.47. The first-order valence-corrected chi connectivity index (χ1v) is 7.74. The molecule has 1 unspecified atom stereocenters. The van der Waals surface area contributed by atoms with E-state index in [-0.39, 0.29) is 17.7 Å². The van der Waals surface area contributed by atoms with Crippen LogP contribution in [0.2, 0.25) is 0 Å². The van der Waals surface area contributed by atoms with E-state index in [1.54, 1.807) is 12.4 Å². The zero-order valence-corrected chi connectivity index (χ0v) is 12.4. The molecule has 1 aromatic rings. The van der Waals surface area contributed by atoms with E-state index < -0.39 is 0 Å². The largest absolute Gasteiger partial charge is 0.373 e. The average Bonchev–Trinajstić information content (AvgIpc) is 3.11. The SMILES string of the molecule is CCc1ncc(NC(=O)NC2CCOC23CCCC3)cn1. The number of anilines is 1. The van der Waals surface area contributed by atoms with Crippen LogP contribution >= 0.6 is 0 Å². The number of hydrogen-bond acceptors (Lipinski definition) is 4. The summed E-state index contributed by atoms with van der Waals surface area (Å²) in [5, 5.41) is 5.85. The number of ether oxygens (including phenoxy) is 1. The van der Waals surface area contributed by atoms with Gasteiger partial charge in [-0.1, -0.05) is 19.8 Å². The number of rotatable bonds is 3. The predicted molar refractivity (Wildman–Crippen MR) is 79.1 cm³/mol. The average molecular weight is 290 g/mol. The summed E-state index contributed by atoms with van der Waals surface area (Å²) in [5.41, 5.74) is 0.490. The second-order valence-electron chi connectivity index (χ2n) is 5.80. The lowest BCUT2D eigenvalue weighted by molar-refractivity contribution is -0.00230. The third-order valence-electron chi connectivity index (χ3n) is 4.47. The van der Waals surface area contributed by atoms with E-state index in [0.717, 1.165) is 38.1 Å². The van der Waals surface area contributed by atoms with E-state index in [9.17, 15) is 4.79 Å². The van der Waals surface area contributed by atoms with Gasteiger partial charge in [0.2, 0.25) is 0 Å². The molecule has 21 heavy (non-hydrogen) atoms. The van der Waals surface area contributed by atoms with Crippen LogP contribution in [0, 0.1) is 0 Å². The third kappa shape index (κ3) is 3.00. The quantitative estimate of drug-likeness (QED) is 0.895. The first kappa shape index (κ1) is 14.3. The van der Waals surface area contributed by atoms with Crippen molar-refractivity contribution in [2.24, 2.45) is 0 Å². The monoisotopic (exact) mass is 290 g/mol. The molecule has 1 spiro atoms. The van der Waals surface area contributed by atoms with Crippen LogP contribution in [0.4, 0.5) is 10.5 Å². The van der Waals surface area contributed by atoms with Gasteiger partial charge in [0.05, 0.1) is 29.7 Å². The van der Waals surface area contributed by atoms with Crippen LogP contribution in [0.25, 0.3) is 0 Å². The van der Waals surface area contributed by atoms with Gasteiger partial charge in [0.1, 0.15) is 5.82 Å². The second-order valence-corrected chi connectivity index (χ2v) is 5.80. The van der Waals surface area contributed by atoms with E-state index in [4.69, 9.17) is 4.74 Å². The number of hydrogen-bond donors (Lipinski definition) is 2. The smallest absolute Gasteiger partial charge is 0.319 e. The van der Waals surface area contributed by atoms with E-state index in [2.05, 4.69) is 20.6 Å². The van der Waals surface area contributed by atoms with Gasteiger partial charge >= 0.3 is 6.03 Å². The molecule has 1 aliphatic heterocycles. The number of nitrogens with zero attached hydrogens (tertiary/aromatic N) is 2. The fourth-order valence-corrected chi connectivity index (χ4v) is 3.34. The Morgan fingerprint density at radius 2 is 2.10 bits per heavy atom. The molecule has 6 heteroatoms. The lowest BCUT2D eigenvalue weighted by Gasteiger charge is -2.30. The van der Waals surface area contributed by atoms with Gasteiger partial charge < -0.3 is 15.4 Å². The molecular weight excluding hydrogens is 268 g/mol. The van der Waals surface area contributed by atoms with Crippen LogP contribution in [-0.4, -0.2) is 34.2 Å². The Labute approximate surface area is 124 Å². The van der Waals surface area contributed by atoms with Crippen molar-refractivity contribution in [2.75, 3.05) is 11.9 Å². The van der Waals surface area contributed by atoms with Crippen LogP contribution in [0.15, 0.2) is 12.4 Å². The summed E-state index contributed by atoms with van der Waals surface area (Å²) in [6, 6.07) is -0.0968. The number of aryl methyl sites for hydroxylation is 1. The van der Waals surface area contributed by atoms with E-state index in [0.29, 0.717) is 5.69 Å². The molecule has 114 valence electrons. The molecule has 1 aliphatic carbocycles. The summed E-state index contributed by atoms with van der Waals surface area (Å²) in [6.45, 7) is 2.73. The summed E-state index contributed by atoms with van der Waals surface area (Å²) >= 11 is 0. The molecule has 6 nitrogen and oxygen atoms in total. The number of aromatic nitrogens is 2. The molecule has 1 saturated heterocycles. The highest BCUT2D eigenvalue weighted by atomic mass is 16.5. The standard InChI is InChI=1S/C15H22N4O2/c1-2-13-16-9-11(10-17-13)18-14(20)19-12-5-8-21-15(12)6-3-4-7-15/h9-10,12H,2-8H2,1H3,(H2,18,19,20). The number of carbonyl (C=O) groups excluding carboxylic acids is 1. The number of amides is 2. The Morgan fingerprint density at radius 3 is 2.76 bits per heavy atom. The Balaban J connectivity index is 1.58. The van der Waals surface area contributed by atoms with Gasteiger partial charge in [-0.25, -0.2) is 14.8 Å². The molecule has 2 N–H and O–H groups in total. The van der Waals surface area contributed by atoms with Crippen LogP contribution in [0.1, 0.15) is 44.9 Å². The van der Waals surface area contributed by atoms with Crippen LogP contribution in [-0.2, 0) is 11.2 Å². The summed E-state index contributed by atoms with van der Waals surface area (Å²) in [6.07, 6.45) is 9.42. The normalized spacial score (nSPS) is 23.4. The van der Waals surface area contributed by atoms with Crippen molar-refractivity contribution >= 4 is 11.7 Å². The first-order valence-electron chi connectivity index (χ1n) is 7.74. The van der Waals surface area contributed by atoms with Crippen molar-refractivity contribution in [2.45, 2.75) is 57.1 Å². The molecule has 2 amide bonds. The zero-order chi connectivity index (χ0) is 14.7. The summed E-state index contributed by atoms with van der Waals surface area (Å²) < 4.78 is 5.93. The lowest BCUT2D eigenvalue weighted by Crippen LogP contribution is -2.49. The van der Waals surface area contributed by atoms with Gasteiger partial charge in [0, 0.05) is 13.0 Å². The van der Waals surface area contributed by atoms with Crippen molar-refractivity contribution in [1.29, 1.82) is 0 Å². The Morgan fingerprint density at radius 1 is 1.38 bits per heavy atom. The van der Waals surface area contributed by atoms with Crippen molar-refractivity contribution < 1.29 is 9.53 Å². The molecule has 3 rings (SSSR count). The molecular formula is C15H22N4O2. The topological polar surface area (TPSA) is 76.1 Å². The number of carbonyl (C=O) groups is 1. The molecule has 0 aromatic carbocycles. The summed E-state index contributed by atoms with van der Waals surface area (Å²) in [4.78, 5) is 20.5. The maximum atomic E-state index is 12.1. The van der Waals surface area contributed by atoms with Gasteiger partial charge in [-0.3, -0.25) is 0 Å². The van der Waals surface area contributed by atoms with Crippen molar-refractivity contribution in [1.82, 2.24) is 15.3 Å². The van der Waals surface area contributed by atoms with E-state index in [1.165, 1.54) is 12.8 Å². The van der Waals surface area contributed by atoms with Crippen LogP contribution < -0.4 is 10.6 Å². The minimum Gasteiger partial charge on any atom is -0.373 e. The highest BCUT2D eigenvalue weighted by Gasteiger charge is 2.46. The molecule has 2 aliphatic rings. The molecule has 0 radical (unpaired) electrons. The van der Waals surface area contributed by atoms with Crippen molar-refractivity contribution in [3.8, 4) is 0 Å². The van der Waals surface area contributed by atoms with Crippen LogP contribution in [0.3, 0.4) is 0 Å². The maximum Gasteiger partial charge on any atom is 0.319 e. The Kier molecular flexibility index (Phi) is 4.05. The van der Waals surface area contributed by atoms with Crippen LogP contribution in [0.5, 0.6) is 0 Å². The van der Waals surface area contributed by atoms with Gasteiger partial charge in [-0.15, -0.1) is 0 Å². The van der Waals surface area contributed by atoms with Gasteiger partial charge in [0.15, 0.2) is 0 Å². The highest BCUT2D eigenvalue weighted by Crippen LogP contribution is 2.41. The zero-order valence-electron chi connectivity index (χ0n) is 12.4. The lowest BCUT2D eigenvalue weighted by atomic mass is 9.93. The maximum absolute atomic E-state index is 12.1. The highest BCUT2D eigenvalue weighted by molar-refractivity contribution is 5.89. The van der Waals surface area contributed by atoms with Gasteiger partial charge in [0.25, 0.3) is 0 Å². The van der Waals surface area contributed by atoms with Gasteiger partial charge in [-0.2, -0.15) is 0 Å². The minimum atomic E-state index is -0.204. The summed E-state index contributed by atoms with van der Waals surface area (Å²) in [7, 11) is 0. The van der Waals surface area contributed by atoms with Gasteiger partial charge in [-0.05, 0) is 19.3 Å². The summed E-state index contributed by atoms with van der Waals surface area (Å²) in [5.74, 6) is 0.773. The molecule has 1 saturated carbocycles. The minimum absolute atomic E-state index is 0.107. The van der Waals surface area contributed by atoms with E-state index in [1.807, 2.05) is 6.92 Å².